The molecule has 0 aliphatic carbocycles. The monoisotopic (exact) mass is 442 g/mol. The minimum Gasteiger partial charge on any atom is -0.363 e. The van der Waals surface area contributed by atoms with Gasteiger partial charge in [0.15, 0.2) is 11.6 Å². The van der Waals surface area contributed by atoms with Gasteiger partial charge in [0.2, 0.25) is 0 Å². The number of hydrogen-bond donors (Lipinski definition) is 1. The largest absolute Gasteiger partial charge is 0.363 e. The third kappa shape index (κ3) is 4.17. The van der Waals surface area contributed by atoms with Crippen molar-refractivity contribution < 1.29 is 0 Å². The zero-order valence-corrected chi connectivity index (χ0v) is 20.5. The average Bonchev–Trinajstić information content (AvgIpc) is 3.38. The third-order valence-corrected chi connectivity index (χ3v) is 6.70. The van der Waals surface area contributed by atoms with Gasteiger partial charge in [0, 0.05) is 12.5 Å². The van der Waals surface area contributed by atoms with Crippen molar-refractivity contribution in [3.63, 3.8) is 0 Å². The summed E-state index contributed by atoms with van der Waals surface area (Å²) in [5.74, 6) is 2.59. The first-order chi connectivity index (χ1) is 15.6. The maximum absolute atomic E-state index is 5.00. The molecule has 6 heteroatoms. The number of hydrogen-bond acceptors (Lipinski definition) is 4. The standard InChI is InChI=1S/C27H34N6/c1-8-9-11-14-19(2)27(5,6)25-30-23(32(7)31-25)21-18-28-33-24(21)29-22(17-26(33,3)4)20-15-12-10-13-16-20/h8-16,18,22,29H,1,17H2,2-7H3/b11-9-,19-14+. The Kier molecular flexibility index (Phi) is 5.87. The summed E-state index contributed by atoms with van der Waals surface area (Å²) in [6, 6.07) is 10.8. The zero-order valence-electron chi connectivity index (χ0n) is 20.5. The molecule has 0 spiro atoms. The SMILES string of the molecule is C=C/C=C\C=C(/C)C(C)(C)c1nc(-c2cnn3c2NC(c2ccccc2)CC3(C)C)n(C)n1. The number of aromatic nitrogens is 5. The van der Waals surface area contributed by atoms with Crippen LogP contribution in [-0.4, -0.2) is 24.5 Å². The summed E-state index contributed by atoms with van der Waals surface area (Å²) in [4.78, 5) is 5.00. The molecule has 0 radical (unpaired) electrons. The normalized spacial score (nSPS) is 18.2. The number of fused-ring (bicyclic) bond motifs is 1. The van der Waals surface area contributed by atoms with E-state index in [9.17, 15) is 0 Å². The van der Waals surface area contributed by atoms with Gasteiger partial charge in [0.1, 0.15) is 5.82 Å². The number of anilines is 1. The van der Waals surface area contributed by atoms with Gasteiger partial charge in [-0.1, -0.05) is 66.8 Å². The molecule has 0 amide bonds. The highest BCUT2D eigenvalue weighted by molar-refractivity contribution is 5.71. The Morgan fingerprint density at radius 3 is 2.64 bits per heavy atom. The van der Waals surface area contributed by atoms with Crippen LogP contribution in [0.25, 0.3) is 11.4 Å². The van der Waals surface area contributed by atoms with Crippen molar-refractivity contribution in [2.24, 2.45) is 7.05 Å². The first-order valence-corrected chi connectivity index (χ1v) is 11.4. The van der Waals surface area contributed by atoms with E-state index < -0.39 is 0 Å². The predicted octanol–water partition coefficient (Wildman–Crippen LogP) is 5.94. The average molecular weight is 443 g/mol. The summed E-state index contributed by atoms with van der Waals surface area (Å²) in [5.41, 5.74) is 2.98. The van der Waals surface area contributed by atoms with Gasteiger partial charge in [0.05, 0.1) is 23.3 Å². The van der Waals surface area contributed by atoms with Gasteiger partial charge in [0.25, 0.3) is 0 Å². The van der Waals surface area contributed by atoms with Crippen LogP contribution in [-0.2, 0) is 18.0 Å². The second kappa shape index (κ2) is 8.50. The number of benzene rings is 1. The van der Waals surface area contributed by atoms with Crippen molar-refractivity contribution in [3.05, 3.63) is 84.4 Å². The molecule has 2 aromatic heterocycles. The summed E-state index contributed by atoms with van der Waals surface area (Å²) in [5, 5.41) is 13.3. The lowest BCUT2D eigenvalue weighted by Gasteiger charge is -2.38. The fourth-order valence-corrected chi connectivity index (χ4v) is 4.35. The smallest absolute Gasteiger partial charge is 0.163 e. The number of nitrogens with one attached hydrogen (secondary N) is 1. The Hall–Kier alpha value is -3.41. The Morgan fingerprint density at radius 1 is 1.21 bits per heavy atom. The fraction of sp³-hybridized carbons (Fsp3) is 0.370. The van der Waals surface area contributed by atoms with Crippen LogP contribution < -0.4 is 5.32 Å². The number of aryl methyl sites for hydroxylation is 1. The molecule has 0 bridgehead atoms. The quantitative estimate of drug-likeness (QED) is 0.480. The number of rotatable bonds is 6. The lowest BCUT2D eigenvalue weighted by molar-refractivity contribution is 0.263. The van der Waals surface area contributed by atoms with E-state index in [0.29, 0.717) is 0 Å². The van der Waals surface area contributed by atoms with E-state index in [2.05, 4.69) is 87.6 Å². The molecule has 1 aliphatic heterocycles. The lowest BCUT2D eigenvalue weighted by Crippen LogP contribution is -2.37. The van der Waals surface area contributed by atoms with E-state index in [0.717, 1.165) is 29.5 Å². The minimum atomic E-state index is -0.311. The van der Waals surface area contributed by atoms with Crippen LogP contribution in [0.3, 0.4) is 0 Å². The molecule has 6 nitrogen and oxygen atoms in total. The first-order valence-electron chi connectivity index (χ1n) is 11.4. The first kappa shape index (κ1) is 22.8. The maximum atomic E-state index is 5.00. The fourth-order valence-electron chi connectivity index (χ4n) is 4.35. The van der Waals surface area contributed by atoms with Crippen molar-refractivity contribution in [3.8, 4) is 11.4 Å². The van der Waals surface area contributed by atoms with Crippen LogP contribution >= 0.6 is 0 Å². The summed E-state index contributed by atoms with van der Waals surface area (Å²) < 4.78 is 3.95. The Labute approximate surface area is 196 Å². The number of nitrogens with zero attached hydrogens (tertiary/aromatic N) is 5. The molecule has 1 aromatic carbocycles. The topological polar surface area (TPSA) is 60.6 Å². The molecule has 33 heavy (non-hydrogen) atoms. The highest BCUT2D eigenvalue weighted by atomic mass is 15.4. The van der Waals surface area contributed by atoms with Gasteiger partial charge in [-0.25, -0.2) is 14.3 Å². The number of allylic oxidation sites excluding steroid dienone is 5. The summed E-state index contributed by atoms with van der Waals surface area (Å²) in [6.45, 7) is 14.6. The molecule has 0 saturated carbocycles. The van der Waals surface area contributed by atoms with Gasteiger partial charge < -0.3 is 5.32 Å². The van der Waals surface area contributed by atoms with Crippen molar-refractivity contribution in [2.75, 3.05) is 5.32 Å². The summed E-state index contributed by atoms with van der Waals surface area (Å²) in [6.07, 6.45) is 10.6. The van der Waals surface area contributed by atoms with Gasteiger partial charge in [-0.05, 0) is 46.6 Å². The van der Waals surface area contributed by atoms with Gasteiger partial charge >= 0.3 is 0 Å². The Balaban J connectivity index is 1.74. The van der Waals surface area contributed by atoms with Crippen LogP contribution in [0.2, 0.25) is 0 Å². The van der Waals surface area contributed by atoms with Gasteiger partial charge in [-0.2, -0.15) is 10.2 Å². The highest BCUT2D eigenvalue weighted by Crippen LogP contribution is 2.42. The van der Waals surface area contributed by atoms with Crippen LogP contribution in [0.4, 0.5) is 5.82 Å². The van der Waals surface area contributed by atoms with E-state index in [1.807, 2.05) is 30.1 Å². The second-order valence-electron chi connectivity index (χ2n) is 9.92. The molecule has 1 aliphatic rings. The van der Waals surface area contributed by atoms with Crippen molar-refractivity contribution >= 4 is 5.82 Å². The lowest BCUT2D eigenvalue weighted by atomic mass is 9.84. The molecule has 1 atom stereocenters. The minimum absolute atomic E-state index is 0.128. The van der Waals surface area contributed by atoms with Crippen molar-refractivity contribution in [1.82, 2.24) is 24.5 Å². The highest BCUT2D eigenvalue weighted by Gasteiger charge is 2.37. The Bertz CT molecular complexity index is 1210. The molecule has 0 saturated heterocycles. The van der Waals surface area contributed by atoms with Crippen LogP contribution in [0, 0.1) is 0 Å². The molecule has 1 unspecified atom stereocenters. The molecule has 1 N–H and O–H groups in total. The summed E-state index contributed by atoms with van der Waals surface area (Å²) in [7, 11) is 1.95. The van der Waals surface area contributed by atoms with E-state index in [4.69, 9.17) is 15.2 Å². The molecular weight excluding hydrogens is 408 g/mol. The molecular formula is C27H34N6. The van der Waals surface area contributed by atoms with Crippen molar-refractivity contribution in [1.29, 1.82) is 0 Å². The van der Waals surface area contributed by atoms with E-state index in [1.54, 1.807) is 6.08 Å². The molecule has 4 rings (SSSR count). The molecule has 3 aromatic rings. The van der Waals surface area contributed by atoms with E-state index in [-0.39, 0.29) is 17.0 Å². The van der Waals surface area contributed by atoms with Crippen molar-refractivity contribution in [2.45, 2.75) is 58.0 Å². The van der Waals surface area contributed by atoms with Gasteiger partial charge in [-0.3, -0.25) is 0 Å². The maximum Gasteiger partial charge on any atom is 0.163 e. The summed E-state index contributed by atoms with van der Waals surface area (Å²) >= 11 is 0. The van der Waals surface area contributed by atoms with Crippen LogP contribution in [0.5, 0.6) is 0 Å². The molecule has 0 fully saturated rings. The van der Waals surface area contributed by atoms with Crippen LogP contribution in [0.1, 0.15) is 58.5 Å². The van der Waals surface area contributed by atoms with E-state index in [1.165, 1.54) is 11.1 Å². The van der Waals surface area contributed by atoms with E-state index >= 15 is 0 Å². The van der Waals surface area contributed by atoms with Gasteiger partial charge in [-0.15, -0.1) is 0 Å². The molecule has 3 heterocycles. The molecule has 172 valence electrons. The van der Waals surface area contributed by atoms with Crippen LogP contribution in [0.15, 0.2) is 73.0 Å². The zero-order chi connectivity index (χ0) is 23.8. The second-order valence-corrected chi connectivity index (χ2v) is 9.92. The predicted molar refractivity (Wildman–Crippen MR) is 135 cm³/mol. The Morgan fingerprint density at radius 2 is 1.94 bits per heavy atom. The third-order valence-electron chi connectivity index (χ3n) is 6.70.